The first kappa shape index (κ1) is 25.2. The number of ether oxygens (including phenoxy) is 1. The number of fused-ring (bicyclic) bond motifs is 1. The molecule has 1 atom stereocenters. The molecule has 9 nitrogen and oxygen atoms in total. The van der Waals surface area contributed by atoms with Crippen LogP contribution >= 0.6 is 0 Å². The van der Waals surface area contributed by atoms with E-state index in [1.54, 1.807) is 24.5 Å². The molecule has 3 heterocycles. The van der Waals surface area contributed by atoms with Crippen LogP contribution in [0, 0.1) is 6.92 Å². The number of aliphatic hydroxyl groups is 1. The van der Waals surface area contributed by atoms with Crippen molar-refractivity contribution in [3.63, 3.8) is 0 Å². The topological polar surface area (TPSA) is 105 Å². The van der Waals surface area contributed by atoms with Crippen LogP contribution < -0.4 is 15.4 Å². The fourth-order valence-corrected chi connectivity index (χ4v) is 4.97. The van der Waals surface area contributed by atoms with Gasteiger partial charge < -0.3 is 20.5 Å². The molecule has 1 aliphatic carbocycles. The van der Waals surface area contributed by atoms with Crippen LogP contribution in [0.5, 0.6) is 5.75 Å². The lowest BCUT2D eigenvalue weighted by atomic mass is 9.93. The number of amides is 1. The predicted octanol–water partition coefficient (Wildman–Crippen LogP) is 2.82. The Hall–Kier alpha value is -3.43. The summed E-state index contributed by atoms with van der Waals surface area (Å²) < 4.78 is 7.90. The Morgan fingerprint density at radius 2 is 2.11 bits per heavy atom. The van der Waals surface area contributed by atoms with Gasteiger partial charge in [0.15, 0.2) is 0 Å². The average molecular weight is 505 g/mol. The Labute approximate surface area is 217 Å². The Kier molecular flexibility index (Phi) is 7.71. The second-order valence-corrected chi connectivity index (χ2v) is 10.1. The summed E-state index contributed by atoms with van der Waals surface area (Å²) in [4.78, 5) is 19.2. The van der Waals surface area contributed by atoms with Crippen molar-refractivity contribution < 1.29 is 14.6 Å². The van der Waals surface area contributed by atoms with Gasteiger partial charge >= 0.3 is 0 Å². The lowest BCUT2D eigenvalue weighted by Gasteiger charge is -2.31. The van der Waals surface area contributed by atoms with Gasteiger partial charge in [-0.15, -0.1) is 0 Å². The zero-order valence-electron chi connectivity index (χ0n) is 21.6. The van der Waals surface area contributed by atoms with E-state index in [0.29, 0.717) is 24.8 Å². The normalized spacial score (nSPS) is 16.5. The fourth-order valence-electron chi connectivity index (χ4n) is 4.97. The molecule has 1 saturated carbocycles. The molecule has 1 aliphatic heterocycles. The molecule has 3 N–H and O–H groups in total. The Morgan fingerprint density at radius 3 is 2.86 bits per heavy atom. The number of pyridine rings is 1. The summed E-state index contributed by atoms with van der Waals surface area (Å²) in [6, 6.07) is 10.1. The number of hydrogen-bond acceptors (Lipinski definition) is 7. The minimum absolute atomic E-state index is 0.198. The summed E-state index contributed by atoms with van der Waals surface area (Å²) in [6.07, 6.45) is 7.20. The van der Waals surface area contributed by atoms with Crippen LogP contribution in [0.4, 0.5) is 5.82 Å². The second kappa shape index (κ2) is 11.3. The molecule has 0 saturated heterocycles. The predicted molar refractivity (Wildman–Crippen MR) is 142 cm³/mol. The highest BCUT2D eigenvalue weighted by molar-refractivity contribution is 5.94. The first-order valence-electron chi connectivity index (χ1n) is 13.1. The number of β-amino-alcohol motifs (C(OH)–C–C–N with tert-alkyl or cyclic N) is 1. The van der Waals surface area contributed by atoms with Crippen molar-refractivity contribution in [2.24, 2.45) is 7.05 Å². The number of aryl methyl sites for hydroxylation is 1. The van der Waals surface area contributed by atoms with Crippen LogP contribution in [0.1, 0.15) is 52.0 Å². The lowest BCUT2D eigenvalue weighted by molar-refractivity contribution is 0.0841. The molecule has 196 valence electrons. The van der Waals surface area contributed by atoms with Gasteiger partial charge in [-0.25, -0.2) is 4.98 Å². The third-order valence-electron chi connectivity index (χ3n) is 7.46. The molecule has 0 radical (unpaired) electrons. The summed E-state index contributed by atoms with van der Waals surface area (Å²) in [6.45, 7) is 4.92. The first-order chi connectivity index (χ1) is 18.0. The molecule has 2 aromatic heterocycles. The van der Waals surface area contributed by atoms with Crippen molar-refractivity contribution in [1.29, 1.82) is 0 Å². The van der Waals surface area contributed by atoms with E-state index in [0.717, 1.165) is 49.6 Å². The van der Waals surface area contributed by atoms with E-state index in [2.05, 4.69) is 38.6 Å². The van der Waals surface area contributed by atoms with Gasteiger partial charge in [0, 0.05) is 57.2 Å². The molecule has 5 rings (SSSR count). The molecule has 2 aliphatic rings. The minimum Gasteiger partial charge on any atom is -0.487 e. The van der Waals surface area contributed by atoms with Crippen molar-refractivity contribution >= 4 is 11.7 Å². The maximum Gasteiger partial charge on any atom is 0.251 e. The van der Waals surface area contributed by atoms with Crippen LogP contribution in [0.15, 0.2) is 42.7 Å². The van der Waals surface area contributed by atoms with E-state index in [9.17, 15) is 9.90 Å². The number of carbonyl (C=O) groups is 1. The highest BCUT2D eigenvalue weighted by Crippen LogP contribution is 2.30. The van der Waals surface area contributed by atoms with Crippen molar-refractivity contribution in [3.8, 4) is 5.75 Å². The molecule has 1 fully saturated rings. The molecule has 1 aromatic carbocycles. The highest BCUT2D eigenvalue weighted by atomic mass is 16.5. The maximum absolute atomic E-state index is 12.6. The van der Waals surface area contributed by atoms with Crippen LogP contribution in [0.3, 0.4) is 0 Å². The van der Waals surface area contributed by atoms with Gasteiger partial charge in [-0.05, 0) is 73.6 Å². The van der Waals surface area contributed by atoms with E-state index < -0.39 is 6.10 Å². The number of anilines is 1. The standard InChI is InChI=1S/C28H36N6O3/c1-19-25-10-13-34(16-21(25)6-7-26(19)37-18-23-9-12-31-33(23)2)17-24(35)15-30-28(36)20-8-11-29-27(14-20)32-22-4-3-5-22/h6-9,11-12,14,22,24,35H,3-5,10,13,15-18H2,1-2H3,(H,29,32)(H,30,36). The minimum atomic E-state index is -0.650. The zero-order valence-corrected chi connectivity index (χ0v) is 21.6. The number of nitrogens with zero attached hydrogens (tertiary/aromatic N) is 4. The quantitative estimate of drug-likeness (QED) is 0.390. The van der Waals surface area contributed by atoms with Gasteiger partial charge in [-0.3, -0.25) is 14.4 Å². The third kappa shape index (κ3) is 6.11. The fraction of sp³-hybridized carbons (Fsp3) is 0.464. The van der Waals surface area contributed by atoms with Crippen LogP contribution in [-0.4, -0.2) is 62.5 Å². The summed E-state index contributed by atoms with van der Waals surface area (Å²) in [5, 5.41) is 21.1. The number of aliphatic hydroxyl groups excluding tert-OH is 1. The Morgan fingerprint density at radius 1 is 1.24 bits per heavy atom. The van der Waals surface area contributed by atoms with Crippen LogP contribution in [0.2, 0.25) is 0 Å². The van der Waals surface area contributed by atoms with E-state index in [4.69, 9.17) is 4.74 Å². The van der Waals surface area contributed by atoms with Crippen LogP contribution in [-0.2, 0) is 26.6 Å². The van der Waals surface area contributed by atoms with E-state index in [-0.39, 0.29) is 12.5 Å². The Bertz CT molecular complexity index is 1240. The monoisotopic (exact) mass is 504 g/mol. The number of nitrogens with one attached hydrogen (secondary N) is 2. The summed E-state index contributed by atoms with van der Waals surface area (Å²) in [5.41, 5.74) is 5.34. The number of carbonyl (C=O) groups excluding carboxylic acids is 1. The highest BCUT2D eigenvalue weighted by Gasteiger charge is 2.22. The van der Waals surface area contributed by atoms with Crippen molar-refractivity contribution in [2.75, 3.05) is 25.0 Å². The van der Waals surface area contributed by atoms with E-state index >= 15 is 0 Å². The average Bonchev–Trinajstić information content (AvgIpc) is 3.29. The smallest absolute Gasteiger partial charge is 0.251 e. The molecular weight excluding hydrogens is 468 g/mol. The van der Waals surface area contributed by atoms with Gasteiger partial charge in [0.05, 0.1) is 11.8 Å². The third-order valence-corrected chi connectivity index (χ3v) is 7.46. The largest absolute Gasteiger partial charge is 0.487 e. The molecule has 1 unspecified atom stereocenters. The summed E-state index contributed by atoms with van der Waals surface area (Å²) in [5.74, 6) is 1.43. The summed E-state index contributed by atoms with van der Waals surface area (Å²) in [7, 11) is 1.91. The zero-order chi connectivity index (χ0) is 25.8. The lowest BCUT2D eigenvalue weighted by Crippen LogP contribution is -2.42. The number of aromatic nitrogens is 3. The Balaban J connectivity index is 1.10. The van der Waals surface area contributed by atoms with Gasteiger partial charge in [-0.1, -0.05) is 6.07 Å². The van der Waals surface area contributed by atoms with E-state index in [1.165, 1.54) is 23.1 Å². The van der Waals surface area contributed by atoms with E-state index in [1.807, 2.05) is 23.9 Å². The first-order valence-corrected chi connectivity index (χ1v) is 13.1. The summed E-state index contributed by atoms with van der Waals surface area (Å²) >= 11 is 0. The molecule has 9 heteroatoms. The van der Waals surface area contributed by atoms with Crippen molar-refractivity contribution in [3.05, 3.63) is 70.7 Å². The number of rotatable bonds is 10. The second-order valence-electron chi connectivity index (χ2n) is 10.1. The van der Waals surface area contributed by atoms with Gasteiger partial charge in [0.25, 0.3) is 5.91 Å². The van der Waals surface area contributed by atoms with Crippen LogP contribution in [0.25, 0.3) is 0 Å². The molecule has 37 heavy (non-hydrogen) atoms. The number of hydrogen-bond donors (Lipinski definition) is 3. The van der Waals surface area contributed by atoms with Gasteiger partial charge in [0.1, 0.15) is 18.2 Å². The molecular formula is C28H36N6O3. The molecule has 1 amide bonds. The SMILES string of the molecule is Cc1c(OCc2ccnn2C)ccc2c1CCN(CC(O)CNC(=O)c1ccnc(NC3CCC3)c1)C2. The van der Waals surface area contributed by atoms with Gasteiger partial charge in [0.2, 0.25) is 0 Å². The van der Waals surface area contributed by atoms with Gasteiger partial charge in [-0.2, -0.15) is 5.10 Å². The number of benzene rings is 1. The molecule has 3 aromatic rings. The maximum atomic E-state index is 12.6. The van der Waals surface area contributed by atoms with Crippen molar-refractivity contribution in [1.82, 2.24) is 25.0 Å². The molecule has 0 bridgehead atoms. The van der Waals surface area contributed by atoms with Crippen molar-refractivity contribution in [2.45, 2.75) is 57.9 Å². The molecule has 0 spiro atoms.